The van der Waals surface area contributed by atoms with Gasteiger partial charge in [-0.05, 0) is 12.1 Å². The average molecular weight is 222 g/mol. The quantitative estimate of drug-likeness (QED) is 0.772. The number of esters is 1. The van der Waals surface area contributed by atoms with E-state index in [1.165, 1.54) is 12.0 Å². The number of hydrogen-bond acceptors (Lipinski definition) is 3. The number of amides is 2. The molecule has 16 heavy (non-hydrogen) atoms. The fourth-order valence-electron chi connectivity index (χ4n) is 1.11. The van der Waals surface area contributed by atoms with E-state index in [4.69, 9.17) is 0 Å². The van der Waals surface area contributed by atoms with Crippen LogP contribution in [0.15, 0.2) is 24.3 Å². The van der Waals surface area contributed by atoms with Gasteiger partial charge < -0.3 is 15.0 Å². The fraction of sp³-hybridized carbons (Fsp3) is 0.273. The SMILES string of the molecule is COC(=O)c1ccccc1NC(=O)N(C)C. The van der Waals surface area contributed by atoms with Gasteiger partial charge in [0, 0.05) is 14.1 Å². The van der Waals surface area contributed by atoms with Gasteiger partial charge in [0.15, 0.2) is 0 Å². The Balaban J connectivity index is 2.95. The summed E-state index contributed by atoms with van der Waals surface area (Å²) in [4.78, 5) is 24.2. The van der Waals surface area contributed by atoms with Gasteiger partial charge in [-0.25, -0.2) is 9.59 Å². The summed E-state index contributed by atoms with van der Waals surface area (Å²) >= 11 is 0. The first-order valence-electron chi connectivity index (χ1n) is 4.72. The van der Waals surface area contributed by atoms with Crippen LogP contribution in [0.1, 0.15) is 10.4 Å². The lowest BCUT2D eigenvalue weighted by molar-refractivity contribution is 0.0602. The zero-order valence-electron chi connectivity index (χ0n) is 9.48. The standard InChI is InChI=1S/C11H14N2O3/c1-13(2)11(15)12-9-7-5-4-6-8(9)10(14)16-3/h4-7H,1-3H3,(H,12,15). The third kappa shape index (κ3) is 2.73. The van der Waals surface area contributed by atoms with Crippen LogP contribution in [0.2, 0.25) is 0 Å². The first kappa shape index (κ1) is 12.0. The van der Waals surface area contributed by atoms with Gasteiger partial charge in [0.2, 0.25) is 0 Å². The first-order valence-corrected chi connectivity index (χ1v) is 4.72. The Morgan fingerprint density at radius 2 is 1.88 bits per heavy atom. The van der Waals surface area contributed by atoms with E-state index in [1.807, 2.05) is 0 Å². The van der Waals surface area contributed by atoms with Crippen molar-refractivity contribution in [3.63, 3.8) is 0 Å². The molecular formula is C11H14N2O3. The minimum Gasteiger partial charge on any atom is -0.465 e. The van der Waals surface area contributed by atoms with Gasteiger partial charge in [-0.1, -0.05) is 12.1 Å². The Kier molecular flexibility index (Phi) is 3.88. The highest BCUT2D eigenvalue weighted by Crippen LogP contribution is 2.16. The van der Waals surface area contributed by atoms with Crippen molar-refractivity contribution < 1.29 is 14.3 Å². The molecule has 0 aliphatic carbocycles. The summed E-state index contributed by atoms with van der Waals surface area (Å²) in [6, 6.07) is 6.39. The molecule has 1 N–H and O–H groups in total. The zero-order valence-corrected chi connectivity index (χ0v) is 9.48. The third-order valence-corrected chi connectivity index (χ3v) is 1.98. The van der Waals surface area contributed by atoms with E-state index in [1.54, 1.807) is 38.4 Å². The van der Waals surface area contributed by atoms with E-state index in [-0.39, 0.29) is 6.03 Å². The van der Waals surface area contributed by atoms with Gasteiger partial charge in [-0.2, -0.15) is 0 Å². The molecule has 5 heteroatoms. The highest BCUT2D eigenvalue weighted by atomic mass is 16.5. The molecule has 0 saturated heterocycles. The molecule has 0 aliphatic rings. The smallest absolute Gasteiger partial charge is 0.339 e. The lowest BCUT2D eigenvalue weighted by Gasteiger charge is -2.13. The van der Waals surface area contributed by atoms with Gasteiger partial charge in [-0.15, -0.1) is 0 Å². The Morgan fingerprint density at radius 1 is 1.25 bits per heavy atom. The molecule has 0 spiro atoms. The second-order valence-corrected chi connectivity index (χ2v) is 3.36. The molecule has 0 aliphatic heterocycles. The molecule has 0 unspecified atom stereocenters. The van der Waals surface area contributed by atoms with E-state index >= 15 is 0 Å². The summed E-state index contributed by atoms with van der Waals surface area (Å²) in [6.07, 6.45) is 0. The summed E-state index contributed by atoms with van der Waals surface area (Å²) in [7, 11) is 4.54. The molecule has 1 aromatic carbocycles. The minimum atomic E-state index is -0.477. The number of urea groups is 1. The lowest BCUT2D eigenvalue weighted by atomic mass is 10.2. The Bertz CT molecular complexity index is 402. The Labute approximate surface area is 94.0 Å². The van der Waals surface area contributed by atoms with Crippen molar-refractivity contribution >= 4 is 17.7 Å². The molecule has 5 nitrogen and oxygen atoms in total. The highest BCUT2D eigenvalue weighted by Gasteiger charge is 2.13. The van der Waals surface area contributed by atoms with Crippen molar-refractivity contribution in [2.45, 2.75) is 0 Å². The van der Waals surface area contributed by atoms with E-state index in [0.29, 0.717) is 11.3 Å². The largest absolute Gasteiger partial charge is 0.465 e. The molecular weight excluding hydrogens is 208 g/mol. The molecule has 1 aromatic rings. The number of nitrogens with zero attached hydrogens (tertiary/aromatic N) is 1. The van der Waals surface area contributed by atoms with Crippen molar-refractivity contribution in [2.75, 3.05) is 26.5 Å². The zero-order chi connectivity index (χ0) is 12.1. The van der Waals surface area contributed by atoms with Crippen LogP contribution < -0.4 is 5.32 Å². The summed E-state index contributed by atoms with van der Waals surface area (Å²) in [5.74, 6) is -0.477. The average Bonchev–Trinajstić information content (AvgIpc) is 2.28. The normalized spacial score (nSPS) is 9.44. The number of para-hydroxylation sites is 1. The number of ether oxygens (including phenoxy) is 1. The molecule has 2 amide bonds. The first-order chi connectivity index (χ1) is 7.56. The molecule has 0 heterocycles. The number of anilines is 1. The Hall–Kier alpha value is -2.04. The monoisotopic (exact) mass is 222 g/mol. The molecule has 0 bridgehead atoms. The van der Waals surface area contributed by atoms with E-state index in [0.717, 1.165) is 0 Å². The summed E-state index contributed by atoms with van der Waals surface area (Å²) in [5, 5.41) is 2.61. The molecule has 0 aromatic heterocycles. The lowest BCUT2D eigenvalue weighted by Crippen LogP contribution is -2.28. The number of methoxy groups -OCH3 is 1. The van der Waals surface area contributed by atoms with Crippen LogP contribution in [0.4, 0.5) is 10.5 Å². The maximum Gasteiger partial charge on any atom is 0.339 e. The van der Waals surface area contributed by atoms with Crippen LogP contribution in [0.3, 0.4) is 0 Å². The summed E-state index contributed by atoms with van der Waals surface area (Å²) in [6.45, 7) is 0. The van der Waals surface area contributed by atoms with E-state index < -0.39 is 5.97 Å². The van der Waals surface area contributed by atoms with Gasteiger partial charge in [-0.3, -0.25) is 0 Å². The fourth-order valence-corrected chi connectivity index (χ4v) is 1.11. The van der Waals surface area contributed by atoms with Crippen LogP contribution in [-0.2, 0) is 4.74 Å². The maximum atomic E-state index is 11.4. The van der Waals surface area contributed by atoms with Crippen molar-refractivity contribution in [3.05, 3.63) is 29.8 Å². The van der Waals surface area contributed by atoms with Crippen LogP contribution in [0.5, 0.6) is 0 Å². The van der Waals surface area contributed by atoms with Crippen molar-refractivity contribution in [2.24, 2.45) is 0 Å². The van der Waals surface area contributed by atoms with Gasteiger partial charge in [0.25, 0.3) is 0 Å². The second kappa shape index (κ2) is 5.16. The number of hydrogen-bond donors (Lipinski definition) is 1. The molecule has 1 rings (SSSR count). The molecule has 0 atom stereocenters. The highest BCUT2D eigenvalue weighted by molar-refractivity contribution is 6.00. The molecule has 0 saturated carbocycles. The van der Waals surface area contributed by atoms with Crippen LogP contribution >= 0.6 is 0 Å². The minimum absolute atomic E-state index is 0.295. The number of carbonyl (C=O) groups excluding carboxylic acids is 2. The summed E-state index contributed by atoms with van der Waals surface area (Å²) < 4.78 is 4.62. The topological polar surface area (TPSA) is 58.6 Å². The van der Waals surface area contributed by atoms with Crippen LogP contribution in [-0.4, -0.2) is 38.1 Å². The maximum absolute atomic E-state index is 11.4. The number of nitrogens with one attached hydrogen (secondary N) is 1. The van der Waals surface area contributed by atoms with Gasteiger partial charge in [0.1, 0.15) is 0 Å². The third-order valence-electron chi connectivity index (χ3n) is 1.98. The molecule has 86 valence electrons. The van der Waals surface area contributed by atoms with Crippen LogP contribution in [0.25, 0.3) is 0 Å². The van der Waals surface area contributed by atoms with Crippen molar-refractivity contribution in [1.29, 1.82) is 0 Å². The second-order valence-electron chi connectivity index (χ2n) is 3.36. The van der Waals surface area contributed by atoms with Crippen LogP contribution in [0, 0.1) is 0 Å². The number of rotatable bonds is 2. The van der Waals surface area contributed by atoms with Crippen molar-refractivity contribution in [3.8, 4) is 0 Å². The van der Waals surface area contributed by atoms with Crippen molar-refractivity contribution in [1.82, 2.24) is 4.90 Å². The molecule has 0 radical (unpaired) electrons. The van der Waals surface area contributed by atoms with E-state index in [9.17, 15) is 9.59 Å². The van der Waals surface area contributed by atoms with Gasteiger partial charge >= 0.3 is 12.0 Å². The molecule has 0 fully saturated rings. The number of benzene rings is 1. The summed E-state index contributed by atoms with van der Waals surface area (Å²) in [5.41, 5.74) is 0.772. The number of carbonyl (C=O) groups is 2. The van der Waals surface area contributed by atoms with Gasteiger partial charge in [0.05, 0.1) is 18.4 Å². The predicted octanol–water partition coefficient (Wildman–Crippen LogP) is 1.57. The Morgan fingerprint density at radius 3 is 2.44 bits per heavy atom. The van der Waals surface area contributed by atoms with E-state index in [2.05, 4.69) is 10.1 Å². The predicted molar refractivity (Wildman–Crippen MR) is 60.5 cm³/mol.